The molecule has 0 heterocycles. The number of rotatable bonds is 5. The predicted molar refractivity (Wildman–Crippen MR) is 93.1 cm³/mol. The molecule has 0 bridgehead atoms. The molecule has 23 heavy (non-hydrogen) atoms. The summed E-state index contributed by atoms with van der Waals surface area (Å²) in [5.41, 5.74) is -0.127. The van der Waals surface area contributed by atoms with Gasteiger partial charge >= 0.3 is 5.97 Å². The number of carbonyl (C=O) groups is 1. The van der Waals surface area contributed by atoms with Gasteiger partial charge in [0.05, 0.1) is 11.0 Å². The van der Waals surface area contributed by atoms with Crippen LogP contribution in [0, 0.1) is 22.7 Å². The number of carboxylic acid groups (broad SMARTS) is 1. The van der Waals surface area contributed by atoms with Crippen molar-refractivity contribution in [1.82, 2.24) is 0 Å². The van der Waals surface area contributed by atoms with E-state index in [-0.39, 0.29) is 11.3 Å². The molecule has 3 nitrogen and oxygen atoms in total. The van der Waals surface area contributed by atoms with E-state index in [4.69, 9.17) is 0 Å². The minimum Gasteiger partial charge on any atom is -0.481 e. The monoisotopic (exact) mass is 320 g/mol. The molecule has 3 heteroatoms. The molecule has 0 aromatic carbocycles. The molecule has 2 rings (SSSR count). The largest absolute Gasteiger partial charge is 0.481 e. The molecular formula is C20H32O3. The molecule has 2 N–H and O–H groups in total. The van der Waals surface area contributed by atoms with Crippen LogP contribution in [0.25, 0.3) is 0 Å². The van der Waals surface area contributed by atoms with E-state index in [1.165, 1.54) is 5.57 Å². The molecule has 1 fully saturated rings. The van der Waals surface area contributed by atoms with Gasteiger partial charge < -0.3 is 10.2 Å². The lowest BCUT2D eigenvalue weighted by atomic mass is 9.47. The fourth-order valence-corrected chi connectivity index (χ4v) is 5.18. The number of carboxylic acids is 1. The van der Waals surface area contributed by atoms with Crippen molar-refractivity contribution in [2.45, 2.75) is 71.8 Å². The van der Waals surface area contributed by atoms with Gasteiger partial charge in [0.15, 0.2) is 0 Å². The van der Waals surface area contributed by atoms with Crippen LogP contribution < -0.4 is 0 Å². The minimum absolute atomic E-state index is 0.00146. The van der Waals surface area contributed by atoms with Crippen molar-refractivity contribution in [2.24, 2.45) is 22.7 Å². The van der Waals surface area contributed by atoms with E-state index in [0.717, 1.165) is 32.1 Å². The lowest BCUT2D eigenvalue weighted by molar-refractivity contribution is -0.162. The molecular weight excluding hydrogens is 288 g/mol. The third-order valence-electron chi connectivity index (χ3n) is 6.87. The van der Waals surface area contributed by atoms with Gasteiger partial charge in [0, 0.05) is 0 Å². The number of hydrogen-bond donors (Lipinski definition) is 2. The Morgan fingerprint density at radius 1 is 1.48 bits per heavy atom. The standard InChI is InChI=1S/C20H32O3/c1-6-18(3,23)13-10-15-14(2)8-9-16-19(15,4)11-7-12-20(16,5)17(21)22/h6,8,15-16,23H,1,7,9-13H2,2-5H3,(H,21,22)/t15-,16+,18+,19+,20-/m0/s1. The first-order valence-electron chi connectivity index (χ1n) is 8.83. The van der Waals surface area contributed by atoms with E-state index < -0.39 is 17.0 Å². The molecule has 0 saturated heterocycles. The summed E-state index contributed by atoms with van der Waals surface area (Å²) in [5.74, 6) is -0.145. The molecule has 130 valence electrons. The Labute approximate surface area is 140 Å². The zero-order valence-corrected chi connectivity index (χ0v) is 15.1. The van der Waals surface area contributed by atoms with Crippen LogP contribution in [0.15, 0.2) is 24.3 Å². The fourth-order valence-electron chi connectivity index (χ4n) is 5.18. The average molecular weight is 320 g/mol. The Hall–Kier alpha value is -1.09. The van der Waals surface area contributed by atoms with Crippen LogP contribution in [-0.2, 0) is 4.79 Å². The van der Waals surface area contributed by atoms with Crippen LogP contribution in [0.1, 0.15) is 66.2 Å². The van der Waals surface area contributed by atoms with Crippen molar-refractivity contribution < 1.29 is 15.0 Å². The lowest BCUT2D eigenvalue weighted by Crippen LogP contribution is -2.52. The van der Waals surface area contributed by atoms with Crippen LogP contribution >= 0.6 is 0 Å². The summed E-state index contributed by atoms with van der Waals surface area (Å²) in [5, 5.41) is 20.1. The predicted octanol–water partition coefficient (Wildman–Crippen LogP) is 4.57. The first kappa shape index (κ1) is 18.3. The Morgan fingerprint density at radius 2 is 2.13 bits per heavy atom. The van der Waals surface area contributed by atoms with Gasteiger partial charge in [-0.25, -0.2) is 0 Å². The topological polar surface area (TPSA) is 57.5 Å². The molecule has 0 spiro atoms. The Bertz CT molecular complexity index is 519. The van der Waals surface area contributed by atoms with E-state index in [0.29, 0.717) is 12.3 Å². The summed E-state index contributed by atoms with van der Waals surface area (Å²) in [6.45, 7) is 11.9. The summed E-state index contributed by atoms with van der Waals surface area (Å²) in [4.78, 5) is 12.0. The first-order valence-corrected chi connectivity index (χ1v) is 8.83. The van der Waals surface area contributed by atoms with Crippen LogP contribution in [0.5, 0.6) is 0 Å². The SMILES string of the molecule is C=C[C@@](C)(O)CC[C@H]1C(C)=CC[C@@H]2[C@]1(C)CCC[C@]2(C)C(=O)O. The molecule has 0 aliphatic heterocycles. The summed E-state index contributed by atoms with van der Waals surface area (Å²) < 4.78 is 0. The van der Waals surface area contributed by atoms with E-state index >= 15 is 0 Å². The highest BCUT2D eigenvalue weighted by atomic mass is 16.4. The maximum atomic E-state index is 12.0. The molecule has 2 aliphatic carbocycles. The summed E-state index contributed by atoms with van der Waals surface area (Å²) in [6, 6.07) is 0. The number of fused-ring (bicyclic) bond motifs is 1. The van der Waals surface area contributed by atoms with Gasteiger partial charge in [-0.1, -0.05) is 31.1 Å². The highest BCUT2D eigenvalue weighted by Gasteiger charge is 2.56. The van der Waals surface area contributed by atoms with Crippen LogP contribution in [-0.4, -0.2) is 21.8 Å². The summed E-state index contributed by atoms with van der Waals surface area (Å²) >= 11 is 0. The second-order valence-corrected chi connectivity index (χ2v) is 8.47. The third-order valence-corrected chi connectivity index (χ3v) is 6.87. The van der Waals surface area contributed by atoms with Crippen molar-refractivity contribution in [3.8, 4) is 0 Å². The molecule has 0 radical (unpaired) electrons. The van der Waals surface area contributed by atoms with Crippen LogP contribution in [0.2, 0.25) is 0 Å². The number of aliphatic carboxylic acids is 1. The molecule has 0 aromatic heterocycles. The van der Waals surface area contributed by atoms with Gasteiger partial charge in [-0.15, -0.1) is 6.58 Å². The second-order valence-electron chi connectivity index (χ2n) is 8.47. The van der Waals surface area contributed by atoms with Gasteiger partial charge in [0.1, 0.15) is 0 Å². The average Bonchev–Trinajstić information content (AvgIpc) is 2.46. The Morgan fingerprint density at radius 3 is 2.70 bits per heavy atom. The zero-order chi connectivity index (χ0) is 17.5. The van der Waals surface area contributed by atoms with Crippen LogP contribution in [0.3, 0.4) is 0 Å². The van der Waals surface area contributed by atoms with Gasteiger partial charge in [-0.3, -0.25) is 4.79 Å². The highest BCUT2D eigenvalue weighted by molar-refractivity contribution is 5.75. The molecule has 1 saturated carbocycles. The number of hydrogen-bond acceptors (Lipinski definition) is 2. The van der Waals surface area contributed by atoms with Crippen molar-refractivity contribution in [1.29, 1.82) is 0 Å². The normalized spacial score (nSPS) is 39.8. The van der Waals surface area contributed by atoms with Crippen LogP contribution in [0.4, 0.5) is 0 Å². The van der Waals surface area contributed by atoms with Crippen molar-refractivity contribution in [3.63, 3.8) is 0 Å². The highest BCUT2D eigenvalue weighted by Crippen LogP contribution is 2.60. The Balaban J connectivity index is 2.32. The second kappa shape index (κ2) is 6.08. The van der Waals surface area contributed by atoms with E-state index in [9.17, 15) is 15.0 Å². The molecule has 0 amide bonds. The molecule has 0 unspecified atom stereocenters. The van der Waals surface area contributed by atoms with Gasteiger partial charge in [-0.05, 0) is 70.1 Å². The molecule has 5 atom stereocenters. The third kappa shape index (κ3) is 3.13. The molecule has 2 aliphatic rings. The number of allylic oxidation sites excluding steroid dienone is 2. The van der Waals surface area contributed by atoms with Gasteiger partial charge in [0.25, 0.3) is 0 Å². The summed E-state index contributed by atoms with van der Waals surface area (Å²) in [7, 11) is 0. The zero-order valence-electron chi connectivity index (χ0n) is 15.1. The van der Waals surface area contributed by atoms with E-state index in [1.54, 1.807) is 13.0 Å². The Kier molecular flexibility index (Phi) is 4.83. The fraction of sp³-hybridized carbons (Fsp3) is 0.750. The smallest absolute Gasteiger partial charge is 0.309 e. The maximum Gasteiger partial charge on any atom is 0.309 e. The van der Waals surface area contributed by atoms with Gasteiger partial charge in [0.2, 0.25) is 0 Å². The van der Waals surface area contributed by atoms with Gasteiger partial charge in [-0.2, -0.15) is 0 Å². The van der Waals surface area contributed by atoms with Crippen molar-refractivity contribution in [3.05, 3.63) is 24.3 Å². The summed E-state index contributed by atoms with van der Waals surface area (Å²) in [6.07, 6.45) is 9.07. The minimum atomic E-state index is -0.853. The van der Waals surface area contributed by atoms with E-state index in [2.05, 4.69) is 26.5 Å². The van der Waals surface area contributed by atoms with Crippen molar-refractivity contribution >= 4 is 5.97 Å². The van der Waals surface area contributed by atoms with Crippen molar-refractivity contribution in [2.75, 3.05) is 0 Å². The first-order chi connectivity index (χ1) is 10.6. The molecule has 0 aromatic rings. The maximum absolute atomic E-state index is 12.0. The lowest BCUT2D eigenvalue weighted by Gasteiger charge is -2.56. The number of aliphatic hydroxyl groups is 1. The van der Waals surface area contributed by atoms with E-state index in [1.807, 2.05) is 6.92 Å². The quantitative estimate of drug-likeness (QED) is 0.730.